The molecule has 4 atom stereocenters. The van der Waals surface area contributed by atoms with Gasteiger partial charge >= 0.3 is 11.4 Å². The number of Topliss-reactive ketones (excluding diaryl/α,β-unsaturated/α-hetero) is 1. The number of phenolic OH excluding ortho intramolecular Hbond substituents is 1. The topological polar surface area (TPSA) is 103 Å². The van der Waals surface area contributed by atoms with Gasteiger partial charge in [0, 0.05) is 24.4 Å². The minimum atomic E-state index is -1.10. The van der Waals surface area contributed by atoms with Crippen molar-refractivity contribution in [3.8, 4) is 5.75 Å². The first kappa shape index (κ1) is 19.5. The summed E-state index contributed by atoms with van der Waals surface area (Å²) in [5.74, 6) is -1.54. The van der Waals surface area contributed by atoms with Crippen LogP contribution in [0, 0.1) is 11.3 Å². The summed E-state index contributed by atoms with van der Waals surface area (Å²) < 4.78 is 3.84. The molecule has 8 heteroatoms. The number of hydrogen-bond acceptors (Lipinski definition) is 5. The molecule has 5 rings (SSSR count). The van der Waals surface area contributed by atoms with Crippen LogP contribution >= 0.6 is 0 Å². The minimum absolute atomic E-state index is 0.0314. The van der Waals surface area contributed by atoms with Crippen LogP contribution in [0.4, 0.5) is 0 Å². The maximum Gasteiger partial charge on any atom is 0.347 e. The number of carbonyl (C=O) groups excluding carboxylic acids is 2. The fraction of sp³-hybridized carbons (Fsp3) is 0.391. The number of carbonyl (C=O) groups is 2. The number of allylic oxidation sites excluding steroid dienone is 4. The first-order valence-electron chi connectivity index (χ1n) is 10.3. The third kappa shape index (κ3) is 2.35. The average molecular weight is 421 g/mol. The highest BCUT2D eigenvalue weighted by Crippen LogP contribution is 2.60. The van der Waals surface area contributed by atoms with Crippen molar-refractivity contribution < 1.29 is 14.7 Å². The molecule has 1 aromatic heterocycles. The molecular formula is C23H23N3O5. The van der Waals surface area contributed by atoms with E-state index in [1.807, 2.05) is 6.08 Å². The Labute approximate surface area is 177 Å². The summed E-state index contributed by atoms with van der Waals surface area (Å²) in [5, 5.41) is 10.7. The highest BCUT2D eigenvalue weighted by molar-refractivity contribution is 6.13. The molecule has 0 amide bonds. The Hall–Kier alpha value is -3.42. The SMILES string of the molecule is CC1=CC(=O)[C@@]2(C)[C@@H](c3ccccc3O)C3=CCn4c(=O)n(C)c(=O)n4[C@@H]3C[C@H]2C1=O. The Morgan fingerprint density at radius 2 is 1.81 bits per heavy atom. The van der Waals surface area contributed by atoms with Crippen LogP contribution in [0.3, 0.4) is 0 Å². The predicted octanol–water partition coefficient (Wildman–Crippen LogP) is 1.44. The van der Waals surface area contributed by atoms with Crippen LogP contribution in [0.1, 0.15) is 37.8 Å². The average Bonchev–Trinajstić information content (AvgIpc) is 2.96. The van der Waals surface area contributed by atoms with Crippen LogP contribution in [-0.4, -0.2) is 30.6 Å². The molecule has 1 aliphatic heterocycles. The molecule has 160 valence electrons. The van der Waals surface area contributed by atoms with Gasteiger partial charge in [0.05, 0.1) is 18.0 Å². The summed E-state index contributed by atoms with van der Waals surface area (Å²) in [5.41, 5.74) is -0.262. The second kappa shape index (κ2) is 6.29. The number of hydrogen-bond donors (Lipinski definition) is 1. The molecule has 8 nitrogen and oxygen atoms in total. The van der Waals surface area contributed by atoms with Crippen LogP contribution in [0.15, 0.2) is 57.2 Å². The van der Waals surface area contributed by atoms with Gasteiger partial charge in [0.15, 0.2) is 11.6 Å². The number of fused-ring (bicyclic) bond motifs is 4. The summed E-state index contributed by atoms with van der Waals surface area (Å²) in [7, 11) is 1.43. The number of nitrogens with zero attached hydrogens (tertiary/aromatic N) is 3. The van der Waals surface area contributed by atoms with Gasteiger partial charge in [-0.15, -0.1) is 0 Å². The van der Waals surface area contributed by atoms with Crippen LogP contribution in [0.5, 0.6) is 5.75 Å². The Morgan fingerprint density at radius 3 is 2.52 bits per heavy atom. The molecule has 2 aromatic rings. The molecule has 0 spiro atoms. The summed E-state index contributed by atoms with van der Waals surface area (Å²) in [6, 6.07) is 6.23. The zero-order valence-electron chi connectivity index (χ0n) is 17.5. The number of aromatic hydroxyl groups is 1. The summed E-state index contributed by atoms with van der Waals surface area (Å²) >= 11 is 0. The third-order valence-corrected chi connectivity index (χ3v) is 7.38. The maximum atomic E-state index is 13.4. The van der Waals surface area contributed by atoms with Gasteiger partial charge in [-0.05, 0) is 36.6 Å². The zero-order chi connectivity index (χ0) is 22.2. The van der Waals surface area contributed by atoms with Crippen molar-refractivity contribution in [2.45, 2.75) is 38.8 Å². The summed E-state index contributed by atoms with van der Waals surface area (Å²) in [6.07, 6.45) is 3.51. The lowest BCUT2D eigenvalue weighted by atomic mass is 9.51. The summed E-state index contributed by atoms with van der Waals surface area (Å²) in [6.45, 7) is 3.60. The van der Waals surface area contributed by atoms with Gasteiger partial charge in [0.2, 0.25) is 0 Å². The maximum absolute atomic E-state index is 13.4. The van der Waals surface area contributed by atoms with Crippen LogP contribution in [0.2, 0.25) is 0 Å². The highest BCUT2D eigenvalue weighted by atomic mass is 16.3. The number of aromatic nitrogens is 3. The van der Waals surface area contributed by atoms with E-state index in [1.165, 1.54) is 22.5 Å². The smallest absolute Gasteiger partial charge is 0.347 e. The van der Waals surface area contributed by atoms with Gasteiger partial charge in [-0.3, -0.25) is 9.59 Å². The van der Waals surface area contributed by atoms with Gasteiger partial charge in [-0.2, -0.15) is 0 Å². The first-order valence-corrected chi connectivity index (χ1v) is 10.3. The minimum Gasteiger partial charge on any atom is -0.508 e. The van der Waals surface area contributed by atoms with Crippen molar-refractivity contribution >= 4 is 11.6 Å². The monoisotopic (exact) mass is 421 g/mol. The zero-order valence-corrected chi connectivity index (χ0v) is 17.5. The van der Waals surface area contributed by atoms with Crippen LogP contribution in [-0.2, 0) is 23.2 Å². The number of rotatable bonds is 1. The first-order chi connectivity index (χ1) is 14.7. The molecule has 1 N–H and O–H groups in total. The summed E-state index contributed by atoms with van der Waals surface area (Å²) in [4.78, 5) is 52.1. The van der Waals surface area contributed by atoms with E-state index in [0.717, 1.165) is 10.1 Å². The molecule has 31 heavy (non-hydrogen) atoms. The van der Waals surface area contributed by atoms with Crippen molar-refractivity contribution in [2.75, 3.05) is 0 Å². The van der Waals surface area contributed by atoms with Crippen LogP contribution < -0.4 is 11.4 Å². The molecule has 0 unspecified atom stereocenters. The lowest BCUT2D eigenvalue weighted by Crippen LogP contribution is -2.54. The quantitative estimate of drug-likeness (QED) is 0.702. The molecule has 0 bridgehead atoms. The fourth-order valence-corrected chi connectivity index (χ4v) is 5.73. The molecule has 1 fully saturated rings. The lowest BCUT2D eigenvalue weighted by Gasteiger charge is -2.52. The van der Waals surface area contributed by atoms with Crippen molar-refractivity contribution in [3.05, 3.63) is 74.1 Å². The molecule has 0 radical (unpaired) electrons. The number of ketones is 2. The van der Waals surface area contributed by atoms with E-state index in [4.69, 9.17) is 0 Å². The van der Waals surface area contributed by atoms with E-state index in [1.54, 1.807) is 38.1 Å². The van der Waals surface area contributed by atoms with Crippen molar-refractivity contribution in [2.24, 2.45) is 18.4 Å². The Bertz CT molecular complexity index is 1340. The molecule has 1 saturated carbocycles. The van der Waals surface area contributed by atoms with E-state index in [2.05, 4.69) is 0 Å². The van der Waals surface area contributed by atoms with E-state index in [9.17, 15) is 24.3 Å². The highest BCUT2D eigenvalue weighted by Gasteiger charge is 2.59. The van der Waals surface area contributed by atoms with E-state index in [-0.39, 0.29) is 30.3 Å². The lowest BCUT2D eigenvalue weighted by molar-refractivity contribution is -0.139. The molecule has 1 aromatic carbocycles. The van der Waals surface area contributed by atoms with E-state index >= 15 is 0 Å². The Morgan fingerprint density at radius 1 is 1.10 bits per heavy atom. The van der Waals surface area contributed by atoms with Crippen molar-refractivity contribution in [1.29, 1.82) is 0 Å². The van der Waals surface area contributed by atoms with E-state index in [0.29, 0.717) is 11.1 Å². The largest absolute Gasteiger partial charge is 0.508 e. The van der Waals surface area contributed by atoms with Crippen LogP contribution in [0.25, 0.3) is 0 Å². The molecule has 3 aliphatic rings. The standard InChI is InChI=1S/C23H23N3O5/c1-12-10-18(28)23(2)15(20(12)29)11-16-13(19(23)14-6-4-5-7-17(14)27)8-9-25-21(30)24(3)22(31)26(16)25/h4-8,10,15-16,19,27H,9,11H2,1-3H3/t15-,16+,19+,23-/m0/s1. The van der Waals surface area contributed by atoms with Gasteiger partial charge < -0.3 is 5.11 Å². The number of phenols is 1. The number of benzene rings is 1. The predicted molar refractivity (Wildman–Crippen MR) is 112 cm³/mol. The Kier molecular flexibility index (Phi) is 3.96. The second-order valence-electron chi connectivity index (χ2n) is 8.89. The van der Waals surface area contributed by atoms with Gasteiger partial charge in [-0.25, -0.2) is 23.5 Å². The van der Waals surface area contributed by atoms with Gasteiger partial charge in [0.25, 0.3) is 0 Å². The van der Waals surface area contributed by atoms with Crippen molar-refractivity contribution in [1.82, 2.24) is 13.9 Å². The number of para-hydroxylation sites is 1. The molecular weight excluding hydrogens is 398 g/mol. The molecule has 0 saturated heterocycles. The molecule has 2 aliphatic carbocycles. The van der Waals surface area contributed by atoms with Gasteiger partial charge in [-0.1, -0.05) is 31.2 Å². The molecule has 2 heterocycles. The normalized spacial score (nSPS) is 29.6. The third-order valence-electron chi connectivity index (χ3n) is 7.38. The van der Waals surface area contributed by atoms with Gasteiger partial charge in [0.1, 0.15) is 5.75 Å². The second-order valence-corrected chi connectivity index (χ2v) is 8.89. The Balaban J connectivity index is 1.81. The fourth-order valence-electron chi connectivity index (χ4n) is 5.73. The van der Waals surface area contributed by atoms with Crippen molar-refractivity contribution in [3.63, 3.8) is 0 Å². The van der Waals surface area contributed by atoms with E-state index < -0.39 is 34.7 Å².